The summed E-state index contributed by atoms with van der Waals surface area (Å²) in [6.07, 6.45) is 2.56. The van der Waals surface area contributed by atoms with Gasteiger partial charge in [0, 0.05) is 12.2 Å². The van der Waals surface area contributed by atoms with Crippen molar-refractivity contribution in [2.45, 2.75) is 24.4 Å². The van der Waals surface area contributed by atoms with Gasteiger partial charge >= 0.3 is 0 Å². The Bertz CT molecular complexity index is 289. The molecule has 0 saturated carbocycles. The highest BCUT2D eigenvalue weighted by atomic mass is 32.2. The fraction of sp³-hybridized carbons (Fsp3) is 0.571. The van der Waals surface area contributed by atoms with Crippen LogP contribution in [0, 0.1) is 11.3 Å². The van der Waals surface area contributed by atoms with E-state index in [9.17, 15) is 0 Å². The van der Waals surface area contributed by atoms with Crippen molar-refractivity contribution in [1.82, 2.24) is 15.2 Å². The average molecular weight is 197 g/mol. The zero-order chi connectivity index (χ0) is 9.52. The van der Waals surface area contributed by atoms with E-state index in [4.69, 9.17) is 11.0 Å². The number of unbranched alkanes of at least 4 members (excludes halogenated alkanes) is 2. The molecule has 13 heavy (non-hydrogen) atoms. The second-order valence-electron chi connectivity index (χ2n) is 2.47. The number of H-pyrrole nitrogens is 1. The third-order valence-electron chi connectivity index (χ3n) is 1.40. The number of nitrogen functional groups attached to an aromatic ring is 1. The van der Waals surface area contributed by atoms with Crippen LogP contribution in [0.25, 0.3) is 0 Å². The van der Waals surface area contributed by atoms with Crippen molar-refractivity contribution in [2.75, 3.05) is 11.5 Å². The average Bonchev–Trinajstić information content (AvgIpc) is 2.51. The van der Waals surface area contributed by atoms with Gasteiger partial charge in [-0.2, -0.15) is 10.2 Å². The number of hydrogen-bond acceptors (Lipinski definition) is 5. The zero-order valence-electron chi connectivity index (χ0n) is 7.16. The Labute approximate surface area is 80.7 Å². The van der Waals surface area contributed by atoms with Crippen molar-refractivity contribution in [2.24, 2.45) is 0 Å². The molecule has 0 bridgehead atoms. The molecule has 0 atom stereocenters. The summed E-state index contributed by atoms with van der Waals surface area (Å²) in [5.74, 6) is 1.28. The molecule has 0 saturated heterocycles. The molecule has 1 aromatic rings. The maximum Gasteiger partial charge on any atom is 0.216 e. The maximum absolute atomic E-state index is 8.28. The van der Waals surface area contributed by atoms with Crippen LogP contribution in [0.1, 0.15) is 19.3 Å². The second-order valence-corrected chi connectivity index (χ2v) is 3.53. The number of thioether (sulfide) groups is 1. The number of anilines is 1. The van der Waals surface area contributed by atoms with Gasteiger partial charge in [0.2, 0.25) is 11.1 Å². The highest BCUT2D eigenvalue weighted by Gasteiger charge is 1.99. The lowest BCUT2D eigenvalue weighted by Crippen LogP contribution is -1.85. The Morgan fingerprint density at radius 1 is 1.54 bits per heavy atom. The molecule has 0 aliphatic rings. The van der Waals surface area contributed by atoms with Gasteiger partial charge in [-0.1, -0.05) is 11.8 Å². The molecule has 0 aliphatic carbocycles. The first-order valence-electron chi connectivity index (χ1n) is 4.00. The second kappa shape index (κ2) is 5.43. The van der Waals surface area contributed by atoms with E-state index in [-0.39, 0.29) is 0 Å². The van der Waals surface area contributed by atoms with E-state index in [0.29, 0.717) is 17.5 Å². The molecule has 0 amide bonds. The molecule has 1 aromatic heterocycles. The SMILES string of the molecule is N#CCCCCSc1n[nH]c(N)n1. The molecule has 3 N–H and O–H groups in total. The van der Waals surface area contributed by atoms with Gasteiger partial charge in [-0.3, -0.25) is 0 Å². The summed E-state index contributed by atoms with van der Waals surface area (Å²) in [6.45, 7) is 0. The molecule has 0 aliphatic heterocycles. The van der Waals surface area contributed by atoms with Crippen molar-refractivity contribution in [3.05, 3.63) is 0 Å². The van der Waals surface area contributed by atoms with Crippen LogP contribution in [0.3, 0.4) is 0 Å². The number of aromatic nitrogens is 3. The van der Waals surface area contributed by atoms with E-state index in [1.165, 1.54) is 0 Å². The van der Waals surface area contributed by atoms with Gasteiger partial charge in [-0.25, -0.2) is 5.10 Å². The van der Waals surface area contributed by atoms with E-state index < -0.39 is 0 Å². The molecule has 5 nitrogen and oxygen atoms in total. The minimum atomic E-state index is 0.347. The highest BCUT2D eigenvalue weighted by molar-refractivity contribution is 7.99. The first kappa shape index (κ1) is 9.86. The number of rotatable bonds is 5. The first-order valence-corrected chi connectivity index (χ1v) is 4.99. The predicted octanol–water partition coefficient (Wildman–Crippen LogP) is 1.17. The fourth-order valence-corrected chi connectivity index (χ4v) is 1.60. The van der Waals surface area contributed by atoms with E-state index in [2.05, 4.69) is 21.3 Å². The van der Waals surface area contributed by atoms with Gasteiger partial charge in [-0.15, -0.1) is 5.10 Å². The van der Waals surface area contributed by atoms with Crippen LogP contribution in [0.15, 0.2) is 5.16 Å². The van der Waals surface area contributed by atoms with Crippen molar-refractivity contribution in [3.63, 3.8) is 0 Å². The molecule has 0 spiro atoms. The number of nitrogens with zero attached hydrogens (tertiary/aromatic N) is 3. The van der Waals surface area contributed by atoms with Crippen LogP contribution in [0.4, 0.5) is 5.95 Å². The Balaban J connectivity index is 2.10. The molecular formula is C7H11N5S. The molecule has 0 unspecified atom stereocenters. The molecule has 6 heteroatoms. The van der Waals surface area contributed by atoms with E-state index in [1.54, 1.807) is 11.8 Å². The topological polar surface area (TPSA) is 91.4 Å². The van der Waals surface area contributed by atoms with Gasteiger partial charge in [0.25, 0.3) is 0 Å². The summed E-state index contributed by atoms with van der Waals surface area (Å²) < 4.78 is 0. The Hall–Kier alpha value is -1.22. The first-order chi connectivity index (χ1) is 6.33. The number of hydrogen-bond donors (Lipinski definition) is 2. The predicted molar refractivity (Wildman–Crippen MR) is 51.0 cm³/mol. The monoisotopic (exact) mass is 197 g/mol. The van der Waals surface area contributed by atoms with E-state index >= 15 is 0 Å². The van der Waals surface area contributed by atoms with Crippen LogP contribution >= 0.6 is 11.8 Å². The Morgan fingerprint density at radius 2 is 2.38 bits per heavy atom. The molecule has 0 fully saturated rings. The zero-order valence-corrected chi connectivity index (χ0v) is 7.97. The molecule has 0 aromatic carbocycles. The van der Waals surface area contributed by atoms with E-state index in [0.717, 1.165) is 18.6 Å². The molecule has 0 radical (unpaired) electrons. The summed E-state index contributed by atoms with van der Waals surface area (Å²) in [6, 6.07) is 2.10. The normalized spacial score (nSPS) is 9.77. The molecular weight excluding hydrogens is 186 g/mol. The maximum atomic E-state index is 8.28. The lowest BCUT2D eigenvalue weighted by atomic mass is 10.3. The lowest BCUT2D eigenvalue weighted by Gasteiger charge is -1.93. The fourth-order valence-electron chi connectivity index (χ4n) is 0.792. The molecule has 1 heterocycles. The summed E-state index contributed by atoms with van der Waals surface area (Å²) in [7, 11) is 0. The van der Waals surface area contributed by atoms with Crippen LogP contribution in [0.5, 0.6) is 0 Å². The minimum Gasteiger partial charge on any atom is -0.368 e. The summed E-state index contributed by atoms with van der Waals surface area (Å²) in [5, 5.41) is 15.4. The van der Waals surface area contributed by atoms with Crippen LogP contribution in [0.2, 0.25) is 0 Å². The van der Waals surface area contributed by atoms with Crippen molar-refractivity contribution < 1.29 is 0 Å². The third-order valence-corrected chi connectivity index (χ3v) is 2.33. The summed E-state index contributed by atoms with van der Waals surface area (Å²) >= 11 is 1.55. The van der Waals surface area contributed by atoms with Gasteiger partial charge in [0.1, 0.15) is 0 Å². The van der Waals surface area contributed by atoms with E-state index in [1.807, 2.05) is 0 Å². The van der Waals surface area contributed by atoms with Gasteiger partial charge in [0.05, 0.1) is 6.07 Å². The highest BCUT2D eigenvalue weighted by Crippen LogP contribution is 2.14. The smallest absolute Gasteiger partial charge is 0.216 e. The number of nitrogens with two attached hydrogens (primary N) is 1. The number of nitrogens with one attached hydrogen (secondary N) is 1. The van der Waals surface area contributed by atoms with Gasteiger partial charge < -0.3 is 5.73 Å². The number of nitriles is 1. The van der Waals surface area contributed by atoms with Crippen LogP contribution < -0.4 is 5.73 Å². The van der Waals surface area contributed by atoms with Gasteiger partial charge in [-0.05, 0) is 12.8 Å². The Kier molecular flexibility index (Phi) is 4.12. The van der Waals surface area contributed by atoms with Crippen molar-refractivity contribution in [3.8, 4) is 6.07 Å². The summed E-state index contributed by atoms with van der Waals surface area (Å²) in [5.41, 5.74) is 5.34. The summed E-state index contributed by atoms with van der Waals surface area (Å²) in [4.78, 5) is 3.94. The lowest BCUT2D eigenvalue weighted by molar-refractivity contribution is 0.827. The Morgan fingerprint density at radius 3 is 3.00 bits per heavy atom. The van der Waals surface area contributed by atoms with Crippen LogP contribution in [-0.2, 0) is 0 Å². The van der Waals surface area contributed by atoms with Crippen molar-refractivity contribution in [1.29, 1.82) is 5.26 Å². The molecule has 70 valence electrons. The standard InChI is InChI=1S/C7H11N5S/c8-4-2-1-3-5-13-7-10-6(9)11-12-7/h1-3,5H2,(H3,9,10,11,12). The molecule has 1 rings (SSSR count). The quantitative estimate of drug-likeness (QED) is 0.546. The number of aromatic amines is 1. The third kappa shape index (κ3) is 3.80. The van der Waals surface area contributed by atoms with Crippen molar-refractivity contribution >= 4 is 17.7 Å². The van der Waals surface area contributed by atoms with Gasteiger partial charge in [0.15, 0.2) is 0 Å². The largest absolute Gasteiger partial charge is 0.368 e. The minimum absolute atomic E-state index is 0.347. The van der Waals surface area contributed by atoms with Crippen LogP contribution in [-0.4, -0.2) is 20.9 Å².